The number of carbonyl (C=O) groups excluding carboxylic acids is 1. The molecule has 2 aromatic rings. The molecule has 170 valence electrons. The molecule has 6 nitrogen and oxygen atoms in total. The summed E-state index contributed by atoms with van der Waals surface area (Å²) < 4.78 is 63.7. The maximum Gasteiger partial charge on any atom is 0.416 e. The first-order chi connectivity index (χ1) is 15.1. The van der Waals surface area contributed by atoms with Crippen molar-refractivity contribution in [3.63, 3.8) is 0 Å². The van der Waals surface area contributed by atoms with Gasteiger partial charge in [0.2, 0.25) is 0 Å². The van der Waals surface area contributed by atoms with Gasteiger partial charge in [-0.1, -0.05) is 24.0 Å². The quantitative estimate of drug-likeness (QED) is 0.247. The number of alkyl halides is 3. The molecule has 0 bridgehead atoms. The summed E-state index contributed by atoms with van der Waals surface area (Å²) in [5.74, 6) is -2.29. The fraction of sp³-hybridized carbons (Fsp3) is 0.250. The molecule has 1 amide bonds. The molecule has 32 heavy (non-hydrogen) atoms. The number of halogens is 4. The van der Waals surface area contributed by atoms with Crippen LogP contribution in [0.1, 0.15) is 17.7 Å². The highest BCUT2D eigenvalue weighted by atomic mass is 32.2. The maximum absolute atomic E-state index is 14.1. The van der Waals surface area contributed by atoms with E-state index in [2.05, 4.69) is 0 Å². The van der Waals surface area contributed by atoms with Gasteiger partial charge in [-0.25, -0.2) is 4.39 Å². The lowest BCUT2D eigenvalue weighted by Gasteiger charge is -2.14. The molecule has 0 radical (unpaired) electrons. The van der Waals surface area contributed by atoms with E-state index >= 15 is 0 Å². The van der Waals surface area contributed by atoms with E-state index in [4.69, 9.17) is 26.5 Å². The van der Waals surface area contributed by atoms with Crippen molar-refractivity contribution in [1.29, 1.82) is 0 Å². The van der Waals surface area contributed by atoms with E-state index in [9.17, 15) is 27.2 Å². The number of carboxylic acids is 1. The van der Waals surface area contributed by atoms with Gasteiger partial charge in [0, 0.05) is 6.08 Å². The van der Waals surface area contributed by atoms with E-state index in [1.54, 1.807) is 0 Å². The van der Waals surface area contributed by atoms with Crippen molar-refractivity contribution in [2.45, 2.75) is 12.6 Å². The van der Waals surface area contributed by atoms with Crippen LogP contribution in [0.25, 0.3) is 17.4 Å². The lowest BCUT2D eigenvalue weighted by Crippen LogP contribution is -2.31. The number of thiocarbonyl (C=S) groups is 1. The van der Waals surface area contributed by atoms with Crippen molar-refractivity contribution in [2.75, 3.05) is 19.8 Å². The number of carboxylic acid groups (broad SMARTS) is 1. The number of furan rings is 1. The third-order valence-corrected chi connectivity index (χ3v) is 5.63. The SMILES string of the molecule is O=C(O)CCOCCN1C(=O)/C(=C/c2ccc(-c3cc(C(F)(F)F)ccc3F)o2)SC1=S. The average molecular weight is 489 g/mol. The molecule has 1 aromatic carbocycles. The Bertz CT molecular complexity index is 1080. The lowest BCUT2D eigenvalue weighted by atomic mass is 10.1. The first-order valence-electron chi connectivity index (χ1n) is 9.08. The van der Waals surface area contributed by atoms with E-state index in [0.717, 1.165) is 11.8 Å². The van der Waals surface area contributed by atoms with Gasteiger partial charge in [-0.15, -0.1) is 0 Å². The largest absolute Gasteiger partial charge is 0.481 e. The number of amides is 1. The van der Waals surface area contributed by atoms with Gasteiger partial charge in [0.05, 0.1) is 42.2 Å². The number of hydrogen-bond donors (Lipinski definition) is 1. The third-order valence-electron chi connectivity index (χ3n) is 4.25. The van der Waals surface area contributed by atoms with Gasteiger partial charge in [-0.05, 0) is 30.3 Å². The van der Waals surface area contributed by atoms with Crippen molar-refractivity contribution in [3.8, 4) is 11.3 Å². The predicted molar refractivity (Wildman–Crippen MR) is 112 cm³/mol. The number of nitrogens with zero attached hydrogens (tertiary/aromatic N) is 1. The number of benzene rings is 1. The number of thioether (sulfide) groups is 1. The molecule has 1 saturated heterocycles. The van der Waals surface area contributed by atoms with Crippen molar-refractivity contribution >= 4 is 46.3 Å². The Balaban J connectivity index is 1.71. The molecule has 1 fully saturated rings. The van der Waals surface area contributed by atoms with Crippen LogP contribution < -0.4 is 0 Å². The van der Waals surface area contributed by atoms with Gasteiger partial charge in [0.25, 0.3) is 5.91 Å². The van der Waals surface area contributed by atoms with Crippen molar-refractivity contribution in [2.24, 2.45) is 0 Å². The topological polar surface area (TPSA) is 80.0 Å². The molecule has 0 saturated carbocycles. The molecule has 0 aliphatic carbocycles. The van der Waals surface area contributed by atoms with Crippen molar-refractivity contribution < 1.29 is 41.4 Å². The number of hydrogen-bond acceptors (Lipinski definition) is 6. The monoisotopic (exact) mass is 489 g/mol. The maximum atomic E-state index is 14.1. The van der Waals surface area contributed by atoms with Crippen LogP contribution in [0.4, 0.5) is 17.6 Å². The Morgan fingerprint density at radius 2 is 2.00 bits per heavy atom. The Kier molecular flexibility index (Phi) is 7.36. The van der Waals surface area contributed by atoms with Gasteiger partial charge in [-0.3, -0.25) is 14.5 Å². The molecule has 12 heteroatoms. The normalized spacial score (nSPS) is 15.8. The summed E-state index contributed by atoms with van der Waals surface area (Å²) in [6.45, 7) is 0.217. The summed E-state index contributed by atoms with van der Waals surface area (Å²) in [4.78, 5) is 24.5. The van der Waals surface area contributed by atoms with E-state index in [1.165, 1.54) is 23.1 Å². The molecule has 1 aliphatic heterocycles. The average Bonchev–Trinajstić information content (AvgIpc) is 3.26. The van der Waals surface area contributed by atoms with Crippen LogP contribution in [0, 0.1) is 5.82 Å². The van der Waals surface area contributed by atoms with Crippen LogP contribution in [-0.4, -0.2) is 46.0 Å². The first kappa shape index (κ1) is 24.0. The van der Waals surface area contributed by atoms with E-state index in [0.29, 0.717) is 18.2 Å². The number of aliphatic carboxylic acids is 1. The Morgan fingerprint density at radius 1 is 1.25 bits per heavy atom. The summed E-state index contributed by atoms with van der Waals surface area (Å²) >= 11 is 6.17. The van der Waals surface area contributed by atoms with Crippen LogP contribution in [0.5, 0.6) is 0 Å². The molecular formula is C20H15F4NO5S2. The van der Waals surface area contributed by atoms with Gasteiger partial charge in [0.1, 0.15) is 21.7 Å². The Hall–Kier alpha value is -2.70. The fourth-order valence-electron chi connectivity index (χ4n) is 2.70. The van der Waals surface area contributed by atoms with Gasteiger partial charge >= 0.3 is 12.1 Å². The summed E-state index contributed by atoms with van der Waals surface area (Å²) in [6, 6.07) is 4.71. The minimum Gasteiger partial charge on any atom is -0.481 e. The second-order valence-electron chi connectivity index (χ2n) is 6.48. The second kappa shape index (κ2) is 9.84. The van der Waals surface area contributed by atoms with Crippen LogP contribution in [0.15, 0.2) is 39.7 Å². The third kappa shape index (κ3) is 5.75. The highest BCUT2D eigenvalue weighted by Gasteiger charge is 2.33. The van der Waals surface area contributed by atoms with Gasteiger partial charge in [-0.2, -0.15) is 13.2 Å². The van der Waals surface area contributed by atoms with Crippen LogP contribution in [0.3, 0.4) is 0 Å². The fourth-order valence-corrected chi connectivity index (χ4v) is 3.99. The van der Waals surface area contributed by atoms with Gasteiger partial charge < -0.3 is 14.3 Å². The number of carbonyl (C=O) groups is 2. The van der Waals surface area contributed by atoms with Crippen LogP contribution in [-0.2, 0) is 20.5 Å². The Morgan fingerprint density at radius 3 is 2.69 bits per heavy atom. The minimum absolute atomic E-state index is 0.00123. The zero-order chi connectivity index (χ0) is 23.5. The van der Waals surface area contributed by atoms with Gasteiger partial charge in [0.15, 0.2) is 0 Å². The molecule has 1 N–H and O–H groups in total. The highest BCUT2D eigenvalue weighted by molar-refractivity contribution is 8.26. The summed E-state index contributed by atoms with van der Waals surface area (Å²) in [5.41, 5.74) is -1.37. The van der Waals surface area contributed by atoms with E-state index in [1.807, 2.05) is 0 Å². The van der Waals surface area contributed by atoms with E-state index in [-0.39, 0.29) is 52.5 Å². The molecular weight excluding hydrogens is 474 g/mol. The molecule has 1 aromatic heterocycles. The summed E-state index contributed by atoms with van der Waals surface area (Å²) in [5, 5.41) is 8.57. The second-order valence-corrected chi connectivity index (χ2v) is 8.16. The molecule has 0 spiro atoms. The minimum atomic E-state index is -4.64. The van der Waals surface area contributed by atoms with E-state index < -0.39 is 29.4 Å². The first-order valence-corrected chi connectivity index (χ1v) is 10.3. The molecule has 3 rings (SSSR count). The Labute approximate surface area is 188 Å². The zero-order valence-corrected chi connectivity index (χ0v) is 17.8. The molecule has 2 heterocycles. The van der Waals surface area contributed by atoms with Crippen LogP contribution >= 0.6 is 24.0 Å². The van der Waals surface area contributed by atoms with Crippen LogP contribution in [0.2, 0.25) is 0 Å². The standard InChI is InChI=1S/C20H15F4NO5S2/c21-14-3-1-11(20(22,23)24)9-13(14)15-4-2-12(30-15)10-16-18(28)25(19(31)32-16)6-8-29-7-5-17(26)27/h1-4,9-10H,5-8H2,(H,26,27)/b16-10-. The predicted octanol–water partition coefficient (Wildman–Crippen LogP) is 4.80. The van der Waals surface area contributed by atoms with Crippen molar-refractivity contribution in [1.82, 2.24) is 4.90 Å². The van der Waals surface area contributed by atoms with Crippen molar-refractivity contribution in [3.05, 3.63) is 52.4 Å². The highest BCUT2D eigenvalue weighted by Crippen LogP contribution is 2.36. The summed E-state index contributed by atoms with van der Waals surface area (Å²) in [7, 11) is 0. The number of ether oxygens (including phenoxy) is 1. The number of rotatable bonds is 8. The smallest absolute Gasteiger partial charge is 0.416 e. The molecule has 0 unspecified atom stereocenters. The zero-order valence-electron chi connectivity index (χ0n) is 16.1. The summed E-state index contributed by atoms with van der Waals surface area (Å²) in [6.07, 6.45) is -3.44. The molecule has 0 atom stereocenters. The molecule has 1 aliphatic rings. The lowest BCUT2D eigenvalue weighted by molar-refractivity contribution is -0.139.